The van der Waals surface area contributed by atoms with Crippen molar-refractivity contribution in [2.75, 3.05) is 19.6 Å². The molecular formula is C12H22N2O. The number of piperidine rings is 1. The van der Waals surface area contributed by atoms with E-state index >= 15 is 0 Å². The van der Waals surface area contributed by atoms with Crippen LogP contribution in [0, 0.1) is 11.8 Å². The van der Waals surface area contributed by atoms with Gasteiger partial charge in [-0.15, -0.1) is 0 Å². The lowest BCUT2D eigenvalue weighted by Gasteiger charge is -2.29. The zero-order valence-corrected chi connectivity index (χ0v) is 9.83. The Labute approximate surface area is 92.2 Å². The third-order valence-corrected chi connectivity index (χ3v) is 3.71. The smallest absolute Gasteiger partial charge is 0.227 e. The van der Waals surface area contributed by atoms with Gasteiger partial charge in [0.1, 0.15) is 0 Å². The van der Waals surface area contributed by atoms with E-state index in [0.29, 0.717) is 17.9 Å². The fourth-order valence-corrected chi connectivity index (χ4v) is 2.90. The molecule has 3 atom stereocenters. The topological polar surface area (TPSA) is 32.3 Å². The van der Waals surface area contributed by atoms with Crippen molar-refractivity contribution in [3.05, 3.63) is 0 Å². The van der Waals surface area contributed by atoms with E-state index in [1.807, 2.05) is 0 Å². The van der Waals surface area contributed by atoms with Crippen molar-refractivity contribution < 1.29 is 4.79 Å². The number of nitrogens with zero attached hydrogens (tertiary/aromatic N) is 1. The van der Waals surface area contributed by atoms with Crippen LogP contribution in [0.3, 0.4) is 0 Å². The Morgan fingerprint density at radius 1 is 1.40 bits per heavy atom. The molecule has 0 aromatic rings. The number of likely N-dealkylation sites (tertiary alicyclic amines) is 1. The van der Waals surface area contributed by atoms with Crippen LogP contribution in [-0.2, 0) is 4.79 Å². The third kappa shape index (κ3) is 2.33. The van der Waals surface area contributed by atoms with Gasteiger partial charge in [0.05, 0.1) is 5.92 Å². The molecule has 0 spiro atoms. The molecular weight excluding hydrogens is 188 g/mol. The molecule has 2 aliphatic rings. The molecule has 0 aliphatic carbocycles. The zero-order chi connectivity index (χ0) is 10.8. The van der Waals surface area contributed by atoms with Gasteiger partial charge in [-0.25, -0.2) is 0 Å². The average molecular weight is 210 g/mol. The molecule has 0 bridgehead atoms. The molecule has 0 aromatic carbocycles. The fraction of sp³-hybridized carbons (Fsp3) is 0.917. The minimum atomic E-state index is 0.242. The Balaban J connectivity index is 1.94. The first-order valence-corrected chi connectivity index (χ1v) is 6.19. The van der Waals surface area contributed by atoms with E-state index in [-0.39, 0.29) is 5.92 Å². The van der Waals surface area contributed by atoms with Gasteiger partial charge < -0.3 is 10.2 Å². The summed E-state index contributed by atoms with van der Waals surface area (Å²) in [6.07, 6.45) is 3.39. The summed E-state index contributed by atoms with van der Waals surface area (Å²) in [5, 5.41) is 3.32. The fourth-order valence-electron chi connectivity index (χ4n) is 2.90. The Morgan fingerprint density at radius 3 is 2.73 bits per heavy atom. The van der Waals surface area contributed by atoms with Crippen LogP contribution in [0.5, 0.6) is 0 Å². The lowest BCUT2D eigenvalue weighted by Crippen LogP contribution is -2.44. The highest BCUT2D eigenvalue weighted by Crippen LogP contribution is 2.25. The number of hydrogen-bond acceptors (Lipinski definition) is 2. The second-order valence-corrected chi connectivity index (χ2v) is 5.22. The summed E-state index contributed by atoms with van der Waals surface area (Å²) in [5.74, 6) is 1.31. The molecule has 0 radical (unpaired) electrons. The average Bonchev–Trinajstić information content (AvgIpc) is 2.58. The van der Waals surface area contributed by atoms with Crippen molar-refractivity contribution in [2.24, 2.45) is 11.8 Å². The van der Waals surface area contributed by atoms with Crippen molar-refractivity contribution in [3.63, 3.8) is 0 Å². The van der Waals surface area contributed by atoms with Gasteiger partial charge in [0.2, 0.25) is 5.91 Å². The second kappa shape index (κ2) is 4.52. The Morgan fingerprint density at radius 2 is 2.20 bits per heavy atom. The highest BCUT2D eigenvalue weighted by atomic mass is 16.2. The van der Waals surface area contributed by atoms with Crippen molar-refractivity contribution in [3.8, 4) is 0 Å². The second-order valence-electron chi connectivity index (χ2n) is 5.22. The first-order chi connectivity index (χ1) is 7.18. The summed E-state index contributed by atoms with van der Waals surface area (Å²) < 4.78 is 0. The van der Waals surface area contributed by atoms with Gasteiger partial charge in [-0.05, 0) is 38.6 Å². The molecule has 2 aliphatic heterocycles. The van der Waals surface area contributed by atoms with Gasteiger partial charge in [0.15, 0.2) is 0 Å². The van der Waals surface area contributed by atoms with Crippen molar-refractivity contribution in [1.29, 1.82) is 0 Å². The Kier molecular flexibility index (Phi) is 3.29. The number of carbonyl (C=O) groups excluding carboxylic acids is 1. The molecule has 2 saturated heterocycles. The molecule has 86 valence electrons. The SMILES string of the molecule is CC1CC(C)N(C(=O)C2CCCNC2)C1. The van der Waals surface area contributed by atoms with E-state index in [1.54, 1.807) is 0 Å². The Hall–Kier alpha value is -0.570. The predicted octanol–water partition coefficient (Wildman–Crippen LogP) is 1.24. The number of rotatable bonds is 1. The monoisotopic (exact) mass is 210 g/mol. The largest absolute Gasteiger partial charge is 0.339 e. The Bertz CT molecular complexity index is 236. The molecule has 3 unspecified atom stereocenters. The van der Waals surface area contributed by atoms with Gasteiger partial charge in [0, 0.05) is 19.1 Å². The van der Waals surface area contributed by atoms with Crippen molar-refractivity contribution in [2.45, 2.75) is 39.2 Å². The van der Waals surface area contributed by atoms with Crippen LogP contribution >= 0.6 is 0 Å². The van der Waals surface area contributed by atoms with E-state index in [2.05, 4.69) is 24.1 Å². The zero-order valence-electron chi connectivity index (χ0n) is 9.83. The standard InChI is InChI=1S/C12H22N2O/c1-9-6-10(2)14(8-9)12(15)11-4-3-5-13-7-11/h9-11,13H,3-8H2,1-2H3. The van der Waals surface area contributed by atoms with Gasteiger partial charge in [-0.2, -0.15) is 0 Å². The number of carbonyl (C=O) groups is 1. The third-order valence-electron chi connectivity index (χ3n) is 3.71. The molecule has 3 heteroatoms. The summed E-state index contributed by atoms with van der Waals surface area (Å²) in [6.45, 7) is 7.35. The molecule has 0 aromatic heterocycles. The minimum Gasteiger partial charge on any atom is -0.339 e. The van der Waals surface area contributed by atoms with Crippen LogP contribution in [0.25, 0.3) is 0 Å². The van der Waals surface area contributed by atoms with Gasteiger partial charge in [0.25, 0.3) is 0 Å². The van der Waals surface area contributed by atoms with Gasteiger partial charge >= 0.3 is 0 Å². The van der Waals surface area contributed by atoms with E-state index in [4.69, 9.17) is 0 Å². The van der Waals surface area contributed by atoms with Crippen LogP contribution in [-0.4, -0.2) is 36.5 Å². The van der Waals surface area contributed by atoms with E-state index < -0.39 is 0 Å². The summed E-state index contributed by atoms with van der Waals surface area (Å²) in [5.41, 5.74) is 0. The quantitative estimate of drug-likeness (QED) is 0.706. The molecule has 1 amide bonds. The van der Waals surface area contributed by atoms with E-state index in [9.17, 15) is 4.79 Å². The normalized spacial score (nSPS) is 36.9. The lowest BCUT2D eigenvalue weighted by atomic mass is 9.98. The summed E-state index contributed by atoms with van der Waals surface area (Å²) >= 11 is 0. The lowest BCUT2D eigenvalue weighted by molar-refractivity contribution is -0.136. The number of nitrogens with one attached hydrogen (secondary N) is 1. The van der Waals surface area contributed by atoms with E-state index in [0.717, 1.165) is 32.5 Å². The van der Waals surface area contributed by atoms with Crippen LogP contribution < -0.4 is 5.32 Å². The van der Waals surface area contributed by atoms with E-state index in [1.165, 1.54) is 6.42 Å². The highest BCUT2D eigenvalue weighted by Gasteiger charge is 2.34. The maximum Gasteiger partial charge on any atom is 0.227 e. The number of hydrogen-bond donors (Lipinski definition) is 1. The number of amides is 1. The first kappa shape index (κ1) is 10.9. The van der Waals surface area contributed by atoms with Gasteiger partial charge in [-0.3, -0.25) is 4.79 Å². The molecule has 2 fully saturated rings. The summed E-state index contributed by atoms with van der Waals surface area (Å²) in [4.78, 5) is 14.3. The molecule has 0 saturated carbocycles. The molecule has 2 heterocycles. The molecule has 2 rings (SSSR count). The van der Waals surface area contributed by atoms with Gasteiger partial charge in [-0.1, -0.05) is 6.92 Å². The maximum atomic E-state index is 12.2. The highest BCUT2D eigenvalue weighted by molar-refractivity contribution is 5.79. The first-order valence-electron chi connectivity index (χ1n) is 6.19. The van der Waals surface area contributed by atoms with Crippen LogP contribution in [0.15, 0.2) is 0 Å². The summed E-state index contributed by atoms with van der Waals surface area (Å²) in [6, 6.07) is 0.453. The van der Waals surface area contributed by atoms with Crippen LogP contribution in [0.2, 0.25) is 0 Å². The summed E-state index contributed by atoms with van der Waals surface area (Å²) in [7, 11) is 0. The molecule has 15 heavy (non-hydrogen) atoms. The van der Waals surface area contributed by atoms with Crippen LogP contribution in [0.1, 0.15) is 33.1 Å². The predicted molar refractivity (Wildman–Crippen MR) is 60.5 cm³/mol. The minimum absolute atomic E-state index is 0.242. The molecule has 1 N–H and O–H groups in total. The molecule has 3 nitrogen and oxygen atoms in total. The van der Waals surface area contributed by atoms with Crippen LogP contribution in [0.4, 0.5) is 0 Å². The maximum absolute atomic E-state index is 12.2. The van der Waals surface area contributed by atoms with Crippen molar-refractivity contribution >= 4 is 5.91 Å². The van der Waals surface area contributed by atoms with Crippen molar-refractivity contribution in [1.82, 2.24) is 10.2 Å².